The summed E-state index contributed by atoms with van der Waals surface area (Å²) >= 11 is 0. The van der Waals surface area contributed by atoms with Crippen LogP contribution in [0, 0.1) is 23.0 Å². The lowest BCUT2D eigenvalue weighted by molar-refractivity contribution is -0.140. The van der Waals surface area contributed by atoms with Crippen LogP contribution >= 0.6 is 0 Å². The van der Waals surface area contributed by atoms with E-state index < -0.39 is 46.3 Å². The van der Waals surface area contributed by atoms with E-state index in [0.717, 1.165) is 0 Å². The normalized spacial score (nSPS) is 16.8. The molecule has 41 heavy (non-hydrogen) atoms. The molecule has 1 unspecified atom stereocenters. The minimum absolute atomic E-state index is 0.0239. The van der Waals surface area contributed by atoms with Crippen molar-refractivity contribution in [1.29, 1.82) is 10.0 Å². The van der Waals surface area contributed by atoms with Crippen molar-refractivity contribution < 1.29 is 31.0 Å². The minimum atomic E-state index is -4.96. The summed E-state index contributed by atoms with van der Waals surface area (Å²) in [6.07, 6.45) is -4.85. The van der Waals surface area contributed by atoms with Gasteiger partial charge in [0.05, 0.1) is 26.9 Å². The van der Waals surface area contributed by atoms with Crippen molar-refractivity contribution in [1.82, 2.24) is 4.98 Å². The fraction of sp³-hybridized carbons (Fsp3) is 0.321. The second kappa shape index (κ2) is 11.1. The zero-order chi connectivity index (χ0) is 30.2. The summed E-state index contributed by atoms with van der Waals surface area (Å²) < 4.78 is 91.7. The lowest BCUT2D eigenvalue weighted by Crippen LogP contribution is -2.31. The van der Waals surface area contributed by atoms with Gasteiger partial charge in [0.15, 0.2) is 5.69 Å². The molecule has 2 N–H and O–H groups in total. The Kier molecular flexibility index (Phi) is 8.09. The standard InChI is InChI=1S/C28H26F5N5O2S/c1-17-22(19-9-7-18(16-34)8-10-19)24(28(31,32)33)37-25(38-13-4-11-27(29,30)12-14-38)23(17)26(39)36-20-5-3-6-21(15-20)41(2,35)40/h3,5-10,15,35H,4,11-14H2,1-2H3,(H,36,39). The number of hydrogen-bond donors (Lipinski definition) is 2. The number of amides is 1. The van der Waals surface area contributed by atoms with Gasteiger partial charge in [-0.25, -0.2) is 22.8 Å². The fourth-order valence-corrected chi connectivity index (χ4v) is 5.43. The molecule has 2 heterocycles. The van der Waals surface area contributed by atoms with E-state index in [-0.39, 0.29) is 63.7 Å². The number of pyridine rings is 1. The van der Waals surface area contributed by atoms with Gasteiger partial charge >= 0.3 is 6.18 Å². The third kappa shape index (κ3) is 6.65. The molecule has 2 aromatic carbocycles. The molecule has 1 aliphatic rings. The quantitative estimate of drug-likeness (QED) is 0.315. The summed E-state index contributed by atoms with van der Waals surface area (Å²) in [5.41, 5.74) is -1.58. The van der Waals surface area contributed by atoms with Crippen LogP contribution in [0.3, 0.4) is 0 Å². The topological polar surface area (TPSA) is 110 Å². The van der Waals surface area contributed by atoms with Crippen molar-refractivity contribution in [2.75, 3.05) is 29.6 Å². The molecule has 1 atom stereocenters. The van der Waals surface area contributed by atoms with Crippen LogP contribution in [-0.4, -0.2) is 40.4 Å². The van der Waals surface area contributed by atoms with Gasteiger partial charge in [-0.15, -0.1) is 0 Å². The van der Waals surface area contributed by atoms with Gasteiger partial charge in [-0.2, -0.15) is 18.4 Å². The highest BCUT2D eigenvalue weighted by Crippen LogP contribution is 2.42. The smallest absolute Gasteiger partial charge is 0.356 e. The number of nitriles is 1. The van der Waals surface area contributed by atoms with E-state index in [1.54, 1.807) is 0 Å². The molecule has 0 radical (unpaired) electrons. The fourth-order valence-electron chi connectivity index (χ4n) is 4.74. The molecule has 13 heteroatoms. The third-order valence-electron chi connectivity index (χ3n) is 6.79. The molecular weight excluding hydrogens is 565 g/mol. The highest BCUT2D eigenvalue weighted by molar-refractivity contribution is 7.91. The molecule has 1 saturated heterocycles. The van der Waals surface area contributed by atoms with Crippen molar-refractivity contribution in [3.63, 3.8) is 0 Å². The van der Waals surface area contributed by atoms with E-state index in [0.29, 0.717) is 0 Å². The van der Waals surface area contributed by atoms with Gasteiger partial charge in [0, 0.05) is 48.3 Å². The Labute approximate surface area is 234 Å². The Bertz CT molecular complexity index is 1630. The van der Waals surface area contributed by atoms with E-state index >= 15 is 0 Å². The Morgan fingerprint density at radius 1 is 1.15 bits per heavy atom. The van der Waals surface area contributed by atoms with E-state index in [9.17, 15) is 31.0 Å². The summed E-state index contributed by atoms with van der Waals surface area (Å²) in [6, 6.07) is 12.9. The Hall–Kier alpha value is -4.05. The van der Waals surface area contributed by atoms with Crippen molar-refractivity contribution >= 4 is 27.1 Å². The number of alkyl halides is 5. The molecule has 216 valence electrons. The van der Waals surface area contributed by atoms with Crippen molar-refractivity contribution in [3.8, 4) is 17.2 Å². The number of rotatable bonds is 5. The van der Waals surface area contributed by atoms with Crippen molar-refractivity contribution in [3.05, 3.63) is 70.9 Å². The molecule has 1 fully saturated rings. The zero-order valence-electron chi connectivity index (χ0n) is 22.1. The molecule has 0 spiro atoms. The third-order valence-corrected chi connectivity index (χ3v) is 7.94. The maximum absolute atomic E-state index is 14.4. The van der Waals surface area contributed by atoms with E-state index in [2.05, 4.69) is 10.3 Å². The number of carbonyl (C=O) groups excluding carboxylic acids is 1. The maximum atomic E-state index is 14.4. The first-order valence-electron chi connectivity index (χ1n) is 12.5. The van der Waals surface area contributed by atoms with Crippen LogP contribution in [0.15, 0.2) is 53.4 Å². The van der Waals surface area contributed by atoms with Gasteiger partial charge in [-0.05, 0) is 54.8 Å². The summed E-state index contributed by atoms with van der Waals surface area (Å²) in [5, 5.41) is 11.7. The molecule has 0 bridgehead atoms. The van der Waals surface area contributed by atoms with Crippen LogP contribution in [0.5, 0.6) is 0 Å². The molecule has 0 aliphatic carbocycles. The number of hydrogen-bond acceptors (Lipinski definition) is 6. The number of carbonyl (C=O) groups is 1. The molecule has 3 aromatic rings. The first kappa shape index (κ1) is 29.9. The second-order valence-corrected chi connectivity index (χ2v) is 12.0. The maximum Gasteiger partial charge on any atom is 0.434 e. The molecule has 0 saturated carbocycles. The molecule has 1 aliphatic heterocycles. The van der Waals surface area contributed by atoms with E-state index in [4.69, 9.17) is 10.0 Å². The molecule has 4 rings (SSSR count). The average molecular weight is 592 g/mol. The van der Waals surface area contributed by atoms with Gasteiger partial charge in [0.1, 0.15) is 5.82 Å². The van der Waals surface area contributed by atoms with Crippen LogP contribution in [0.1, 0.15) is 46.4 Å². The van der Waals surface area contributed by atoms with Gasteiger partial charge in [-0.1, -0.05) is 18.2 Å². The Morgan fingerprint density at radius 2 is 1.83 bits per heavy atom. The Morgan fingerprint density at radius 3 is 2.44 bits per heavy atom. The predicted molar refractivity (Wildman–Crippen MR) is 145 cm³/mol. The number of nitrogens with zero attached hydrogens (tertiary/aromatic N) is 3. The average Bonchev–Trinajstić information content (AvgIpc) is 3.07. The van der Waals surface area contributed by atoms with E-state index in [1.165, 1.54) is 66.6 Å². The molecule has 7 nitrogen and oxygen atoms in total. The highest BCUT2D eigenvalue weighted by atomic mass is 32.2. The minimum Gasteiger partial charge on any atom is -0.356 e. The van der Waals surface area contributed by atoms with Gasteiger partial charge in [-0.3, -0.25) is 4.79 Å². The van der Waals surface area contributed by atoms with Crippen molar-refractivity contribution in [2.45, 2.75) is 43.2 Å². The number of halogens is 5. The van der Waals surface area contributed by atoms with Crippen LogP contribution in [0.4, 0.5) is 33.5 Å². The first-order chi connectivity index (χ1) is 19.1. The lowest BCUT2D eigenvalue weighted by atomic mass is 9.93. The number of nitrogens with one attached hydrogen (secondary N) is 2. The number of benzene rings is 2. The molecule has 1 aromatic heterocycles. The second-order valence-electron chi connectivity index (χ2n) is 9.87. The number of anilines is 2. The largest absolute Gasteiger partial charge is 0.434 e. The Balaban J connectivity index is 1.93. The SMILES string of the molecule is Cc1c(C(=O)Nc2cccc(S(C)(=N)=O)c2)c(N2CCCC(F)(F)CC2)nc(C(F)(F)F)c1-c1ccc(C#N)cc1. The zero-order valence-corrected chi connectivity index (χ0v) is 22.9. The van der Waals surface area contributed by atoms with Crippen LogP contribution in [-0.2, 0) is 15.9 Å². The lowest BCUT2D eigenvalue weighted by Gasteiger charge is -2.28. The van der Waals surface area contributed by atoms with E-state index in [1.807, 2.05) is 6.07 Å². The summed E-state index contributed by atoms with van der Waals surface area (Å²) in [4.78, 5) is 19.1. The van der Waals surface area contributed by atoms with Crippen LogP contribution < -0.4 is 10.2 Å². The van der Waals surface area contributed by atoms with Gasteiger partial charge < -0.3 is 10.2 Å². The summed E-state index contributed by atoms with van der Waals surface area (Å²) in [5.74, 6) is -4.24. The van der Waals surface area contributed by atoms with Crippen LogP contribution in [0.2, 0.25) is 0 Å². The van der Waals surface area contributed by atoms with Gasteiger partial charge in [0.25, 0.3) is 5.91 Å². The molecular formula is C28H26F5N5O2S. The van der Waals surface area contributed by atoms with Gasteiger partial charge in [0.2, 0.25) is 5.92 Å². The number of aromatic nitrogens is 1. The molecule has 1 amide bonds. The monoisotopic (exact) mass is 591 g/mol. The summed E-state index contributed by atoms with van der Waals surface area (Å²) in [7, 11) is -3.14. The first-order valence-corrected chi connectivity index (χ1v) is 14.5. The highest BCUT2D eigenvalue weighted by Gasteiger charge is 2.41. The predicted octanol–water partition coefficient (Wildman–Crippen LogP) is 6.86. The van der Waals surface area contributed by atoms with Crippen LogP contribution in [0.25, 0.3) is 11.1 Å². The summed E-state index contributed by atoms with van der Waals surface area (Å²) in [6.45, 7) is 0.968. The van der Waals surface area contributed by atoms with Crippen molar-refractivity contribution in [2.24, 2.45) is 0 Å².